The molecule has 1 aliphatic carbocycles. The number of aliphatic hydroxyl groups excluding tert-OH is 1. The third-order valence-electron chi connectivity index (χ3n) is 2.73. The summed E-state index contributed by atoms with van der Waals surface area (Å²) in [6.07, 6.45) is 7.27. The summed E-state index contributed by atoms with van der Waals surface area (Å²) in [5.74, 6) is 5.92. The normalized spacial score (nSPS) is 25.2. The molecule has 1 aliphatic rings. The van der Waals surface area contributed by atoms with E-state index in [-0.39, 0.29) is 17.8 Å². The van der Waals surface area contributed by atoms with Gasteiger partial charge in [-0.15, -0.1) is 11.8 Å². The topological polar surface area (TPSA) is 37.3 Å². The third-order valence-corrected chi connectivity index (χ3v) is 2.73. The summed E-state index contributed by atoms with van der Waals surface area (Å²) in [5, 5.41) is 9.53. The van der Waals surface area contributed by atoms with Gasteiger partial charge in [-0.05, 0) is 25.8 Å². The zero-order valence-corrected chi connectivity index (χ0v) is 9.20. The molecule has 0 saturated heterocycles. The molecule has 0 aliphatic heterocycles. The molecule has 2 heteroatoms. The van der Waals surface area contributed by atoms with Crippen LogP contribution in [0.2, 0.25) is 0 Å². The Balaban J connectivity index is 2.29. The van der Waals surface area contributed by atoms with Crippen molar-refractivity contribution in [2.75, 3.05) is 0 Å². The Hall–Kier alpha value is -1.07. The molecule has 2 nitrogen and oxygen atoms in total. The SMILES string of the molecule is CC#CCCC(=O)/C=C/C1CCCC1O. The molecule has 0 aromatic rings. The van der Waals surface area contributed by atoms with Crippen LogP contribution >= 0.6 is 0 Å². The summed E-state index contributed by atoms with van der Waals surface area (Å²) in [5.41, 5.74) is 0. The number of hydrogen-bond acceptors (Lipinski definition) is 2. The van der Waals surface area contributed by atoms with E-state index >= 15 is 0 Å². The lowest BCUT2D eigenvalue weighted by atomic mass is 10.0. The maximum Gasteiger partial charge on any atom is 0.156 e. The van der Waals surface area contributed by atoms with E-state index in [9.17, 15) is 9.90 Å². The molecule has 0 aromatic heterocycles. The Bertz CT molecular complexity index is 293. The van der Waals surface area contributed by atoms with Gasteiger partial charge in [-0.1, -0.05) is 12.5 Å². The van der Waals surface area contributed by atoms with Crippen LogP contribution in [0.1, 0.15) is 39.0 Å². The fourth-order valence-electron chi connectivity index (χ4n) is 1.82. The highest BCUT2D eigenvalue weighted by Gasteiger charge is 2.22. The minimum Gasteiger partial charge on any atom is -0.393 e. The average Bonchev–Trinajstić information content (AvgIpc) is 2.61. The minimum atomic E-state index is -0.246. The number of allylic oxidation sites excluding steroid dienone is 1. The van der Waals surface area contributed by atoms with Crippen LogP contribution in [0, 0.1) is 17.8 Å². The molecule has 0 radical (unpaired) electrons. The van der Waals surface area contributed by atoms with Crippen molar-refractivity contribution >= 4 is 5.78 Å². The van der Waals surface area contributed by atoms with Gasteiger partial charge in [0.15, 0.2) is 5.78 Å². The fraction of sp³-hybridized carbons (Fsp3) is 0.615. The first-order valence-corrected chi connectivity index (χ1v) is 5.52. The molecule has 82 valence electrons. The van der Waals surface area contributed by atoms with Crippen molar-refractivity contribution in [3.63, 3.8) is 0 Å². The molecule has 15 heavy (non-hydrogen) atoms. The van der Waals surface area contributed by atoms with Crippen LogP contribution in [0.3, 0.4) is 0 Å². The van der Waals surface area contributed by atoms with Gasteiger partial charge in [0.2, 0.25) is 0 Å². The molecule has 0 spiro atoms. The average molecular weight is 206 g/mol. The van der Waals surface area contributed by atoms with E-state index in [1.54, 1.807) is 13.0 Å². The van der Waals surface area contributed by atoms with E-state index < -0.39 is 0 Å². The van der Waals surface area contributed by atoms with Crippen LogP contribution < -0.4 is 0 Å². The van der Waals surface area contributed by atoms with Crippen molar-refractivity contribution in [2.24, 2.45) is 5.92 Å². The van der Waals surface area contributed by atoms with Crippen LogP contribution in [0.5, 0.6) is 0 Å². The van der Waals surface area contributed by atoms with Crippen molar-refractivity contribution in [1.82, 2.24) is 0 Å². The molecular formula is C13H18O2. The molecule has 2 unspecified atom stereocenters. The number of hydrogen-bond donors (Lipinski definition) is 1. The molecule has 1 saturated carbocycles. The first kappa shape index (κ1) is 12.0. The second-order valence-electron chi connectivity index (χ2n) is 3.91. The van der Waals surface area contributed by atoms with Crippen LogP contribution in [0.15, 0.2) is 12.2 Å². The van der Waals surface area contributed by atoms with E-state index in [1.165, 1.54) is 0 Å². The van der Waals surface area contributed by atoms with Gasteiger partial charge in [0.25, 0.3) is 0 Å². The monoisotopic (exact) mass is 206 g/mol. The quantitative estimate of drug-likeness (QED) is 0.565. The summed E-state index contributed by atoms with van der Waals surface area (Å²) < 4.78 is 0. The molecule has 0 bridgehead atoms. The highest BCUT2D eigenvalue weighted by Crippen LogP contribution is 2.26. The fourth-order valence-corrected chi connectivity index (χ4v) is 1.82. The van der Waals surface area contributed by atoms with Crippen LogP contribution in [0.25, 0.3) is 0 Å². The Morgan fingerprint density at radius 2 is 2.33 bits per heavy atom. The van der Waals surface area contributed by atoms with Gasteiger partial charge in [0.1, 0.15) is 0 Å². The summed E-state index contributed by atoms with van der Waals surface area (Å²) in [4.78, 5) is 11.3. The van der Waals surface area contributed by atoms with Crippen LogP contribution in [-0.2, 0) is 4.79 Å². The second-order valence-corrected chi connectivity index (χ2v) is 3.91. The molecule has 0 amide bonds. The van der Waals surface area contributed by atoms with Crippen molar-refractivity contribution < 1.29 is 9.90 Å². The van der Waals surface area contributed by atoms with E-state index in [4.69, 9.17) is 0 Å². The van der Waals surface area contributed by atoms with Gasteiger partial charge < -0.3 is 5.11 Å². The smallest absolute Gasteiger partial charge is 0.156 e. The highest BCUT2D eigenvalue weighted by atomic mass is 16.3. The number of carbonyl (C=O) groups excluding carboxylic acids is 1. The van der Waals surface area contributed by atoms with Crippen molar-refractivity contribution in [3.8, 4) is 11.8 Å². The summed E-state index contributed by atoms with van der Waals surface area (Å²) in [6, 6.07) is 0. The minimum absolute atomic E-state index is 0.108. The van der Waals surface area contributed by atoms with Crippen molar-refractivity contribution in [2.45, 2.75) is 45.1 Å². The zero-order valence-electron chi connectivity index (χ0n) is 9.20. The molecular weight excluding hydrogens is 188 g/mol. The molecule has 2 atom stereocenters. The summed E-state index contributed by atoms with van der Waals surface area (Å²) >= 11 is 0. The van der Waals surface area contributed by atoms with Gasteiger partial charge >= 0.3 is 0 Å². The number of aliphatic hydroxyl groups is 1. The standard InChI is InChI=1S/C13H18O2/c1-2-3-4-7-12(14)10-9-11-6-5-8-13(11)15/h9-11,13,15H,4-8H2,1H3/b10-9+. The lowest BCUT2D eigenvalue weighted by Crippen LogP contribution is -2.10. The predicted molar refractivity (Wildman–Crippen MR) is 60.2 cm³/mol. The largest absolute Gasteiger partial charge is 0.393 e. The number of rotatable bonds is 4. The van der Waals surface area contributed by atoms with Crippen LogP contribution in [0.4, 0.5) is 0 Å². The van der Waals surface area contributed by atoms with Gasteiger partial charge in [-0.3, -0.25) is 4.79 Å². The lowest BCUT2D eigenvalue weighted by Gasteiger charge is -2.07. The number of carbonyl (C=O) groups is 1. The highest BCUT2D eigenvalue weighted by molar-refractivity contribution is 5.89. The first-order chi connectivity index (χ1) is 7.24. The van der Waals surface area contributed by atoms with E-state index in [1.807, 2.05) is 6.08 Å². The van der Waals surface area contributed by atoms with E-state index in [0.29, 0.717) is 12.8 Å². The van der Waals surface area contributed by atoms with E-state index in [0.717, 1.165) is 19.3 Å². The van der Waals surface area contributed by atoms with Gasteiger partial charge in [-0.2, -0.15) is 0 Å². The second kappa shape index (κ2) is 6.42. The third kappa shape index (κ3) is 4.31. The Morgan fingerprint density at radius 1 is 1.53 bits per heavy atom. The zero-order chi connectivity index (χ0) is 11.1. The molecule has 0 aromatic carbocycles. The Kier molecular flexibility index (Phi) is 5.14. The Labute approximate surface area is 91.4 Å². The van der Waals surface area contributed by atoms with E-state index in [2.05, 4.69) is 11.8 Å². The molecule has 0 heterocycles. The lowest BCUT2D eigenvalue weighted by molar-refractivity contribution is -0.114. The molecule has 1 N–H and O–H groups in total. The number of ketones is 1. The van der Waals surface area contributed by atoms with Gasteiger partial charge in [0, 0.05) is 18.8 Å². The predicted octanol–water partition coefficient (Wildman–Crippen LogP) is 2.08. The molecule has 1 fully saturated rings. The van der Waals surface area contributed by atoms with Gasteiger partial charge in [-0.25, -0.2) is 0 Å². The van der Waals surface area contributed by atoms with Gasteiger partial charge in [0.05, 0.1) is 6.10 Å². The maximum atomic E-state index is 11.3. The summed E-state index contributed by atoms with van der Waals surface area (Å²) in [6.45, 7) is 1.77. The Morgan fingerprint density at radius 3 is 2.93 bits per heavy atom. The maximum absolute atomic E-state index is 11.3. The summed E-state index contributed by atoms with van der Waals surface area (Å²) in [7, 11) is 0. The van der Waals surface area contributed by atoms with Crippen molar-refractivity contribution in [1.29, 1.82) is 0 Å². The van der Waals surface area contributed by atoms with Crippen LogP contribution in [-0.4, -0.2) is 17.0 Å². The van der Waals surface area contributed by atoms with Crippen molar-refractivity contribution in [3.05, 3.63) is 12.2 Å². The first-order valence-electron chi connectivity index (χ1n) is 5.52. The molecule has 1 rings (SSSR count).